The molecule has 2 amide bonds. The van der Waals surface area contributed by atoms with Crippen molar-refractivity contribution < 1.29 is 18.4 Å². The number of halogens is 3. The van der Waals surface area contributed by atoms with Crippen molar-refractivity contribution in [2.45, 2.75) is 6.42 Å². The molecular weight excluding hydrogens is 438 g/mol. The molecule has 0 atom stereocenters. The van der Waals surface area contributed by atoms with Crippen LogP contribution in [-0.4, -0.2) is 28.3 Å². The molecule has 1 aromatic heterocycles. The monoisotopic (exact) mass is 454 g/mol. The summed E-state index contributed by atoms with van der Waals surface area (Å²) in [6.07, 6.45) is 0.0279. The number of aromatic nitrogens is 2. The Morgan fingerprint density at radius 2 is 1.81 bits per heavy atom. The zero-order valence-electron chi connectivity index (χ0n) is 16.6. The number of carbonyl (C=O) groups excluding carboxylic acids is 2. The minimum Gasteiger partial charge on any atom is -0.351 e. The van der Waals surface area contributed by atoms with Crippen molar-refractivity contribution in [3.8, 4) is 11.4 Å². The number of nitrogens with zero attached hydrogens (tertiary/aromatic N) is 1. The molecule has 3 N–H and O–H groups in total. The fourth-order valence-corrected chi connectivity index (χ4v) is 3.39. The van der Waals surface area contributed by atoms with Gasteiger partial charge in [-0.3, -0.25) is 9.59 Å². The van der Waals surface area contributed by atoms with Gasteiger partial charge in [0.15, 0.2) is 0 Å². The smallest absolute Gasteiger partial charge is 0.252 e. The van der Waals surface area contributed by atoms with Crippen LogP contribution >= 0.6 is 11.6 Å². The highest BCUT2D eigenvalue weighted by Crippen LogP contribution is 2.23. The van der Waals surface area contributed by atoms with Crippen LogP contribution < -0.4 is 10.6 Å². The Kier molecular flexibility index (Phi) is 6.13. The molecule has 3 aromatic carbocycles. The first-order valence-corrected chi connectivity index (χ1v) is 10.1. The quantitative estimate of drug-likeness (QED) is 0.386. The van der Waals surface area contributed by atoms with E-state index < -0.39 is 11.7 Å². The van der Waals surface area contributed by atoms with Crippen LogP contribution in [-0.2, 0) is 4.79 Å². The topological polar surface area (TPSA) is 86.9 Å². The lowest BCUT2D eigenvalue weighted by Gasteiger charge is -2.08. The van der Waals surface area contributed by atoms with E-state index in [1.165, 1.54) is 18.2 Å². The Morgan fingerprint density at radius 3 is 2.59 bits per heavy atom. The molecule has 32 heavy (non-hydrogen) atoms. The molecule has 0 fully saturated rings. The zero-order valence-corrected chi connectivity index (χ0v) is 17.3. The Morgan fingerprint density at radius 1 is 1.00 bits per heavy atom. The number of fused-ring (bicyclic) bond motifs is 1. The van der Waals surface area contributed by atoms with Gasteiger partial charge in [-0.2, -0.15) is 0 Å². The number of imidazole rings is 1. The molecule has 4 rings (SSSR count). The highest BCUT2D eigenvalue weighted by Gasteiger charge is 2.12. The van der Waals surface area contributed by atoms with Crippen molar-refractivity contribution in [1.82, 2.24) is 15.3 Å². The van der Waals surface area contributed by atoms with Crippen LogP contribution in [0.25, 0.3) is 22.4 Å². The first-order valence-electron chi connectivity index (χ1n) is 9.68. The second-order valence-electron chi connectivity index (χ2n) is 7.01. The summed E-state index contributed by atoms with van der Waals surface area (Å²) < 4.78 is 26.5. The van der Waals surface area contributed by atoms with Crippen LogP contribution in [0.4, 0.5) is 14.5 Å². The lowest BCUT2D eigenvalue weighted by Crippen LogP contribution is -2.27. The molecule has 0 radical (unpaired) electrons. The van der Waals surface area contributed by atoms with Crippen molar-refractivity contribution in [3.05, 3.63) is 82.9 Å². The van der Waals surface area contributed by atoms with Gasteiger partial charge in [0, 0.05) is 24.2 Å². The van der Waals surface area contributed by atoms with Gasteiger partial charge in [-0.15, -0.1) is 0 Å². The van der Waals surface area contributed by atoms with Crippen LogP contribution in [0.3, 0.4) is 0 Å². The maximum Gasteiger partial charge on any atom is 0.252 e. The van der Waals surface area contributed by atoms with Crippen molar-refractivity contribution >= 4 is 40.1 Å². The van der Waals surface area contributed by atoms with E-state index >= 15 is 0 Å². The van der Waals surface area contributed by atoms with Gasteiger partial charge in [-0.05, 0) is 48.5 Å². The van der Waals surface area contributed by atoms with Crippen LogP contribution in [0.1, 0.15) is 16.8 Å². The largest absolute Gasteiger partial charge is 0.351 e. The third kappa shape index (κ3) is 4.92. The predicted octanol–water partition coefficient (Wildman–Crippen LogP) is 4.92. The Balaban J connectivity index is 1.35. The second kappa shape index (κ2) is 9.15. The molecule has 0 aliphatic carbocycles. The lowest BCUT2D eigenvalue weighted by atomic mass is 10.2. The number of hydrogen-bond donors (Lipinski definition) is 3. The molecule has 0 saturated carbocycles. The van der Waals surface area contributed by atoms with Crippen molar-refractivity contribution in [2.24, 2.45) is 0 Å². The summed E-state index contributed by atoms with van der Waals surface area (Å²) in [6, 6.07) is 14.7. The van der Waals surface area contributed by atoms with Gasteiger partial charge >= 0.3 is 0 Å². The first kappa shape index (κ1) is 21.5. The number of H-pyrrole nitrogens is 1. The Labute approximate surface area is 186 Å². The minimum absolute atomic E-state index is 0.00239. The standard InChI is InChI=1S/C23H17ClF2N4O2/c24-18-11-15(26)4-6-17(18)23(32)27-9-8-21(31)28-16-5-7-19-20(12-16)30-22(29-19)13-2-1-3-14(25)10-13/h1-7,10-12H,8-9H2,(H,27,32)(H,28,31)(H,29,30). The summed E-state index contributed by atoms with van der Waals surface area (Å²) in [6.45, 7) is 0.0778. The Hall–Kier alpha value is -3.78. The number of rotatable bonds is 6. The van der Waals surface area contributed by atoms with Gasteiger partial charge < -0.3 is 15.6 Å². The SMILES string of the molecule is O=C(CCNC(=O)c1ccc(F)cc1Cl)Nc1ccc2nc(-c3cccc(F)c3)[nH]c2c1. The third-order valence-corrected chi connectivity index (χ3v) is 4.99. The molecule has 0 saturated heterocycles. The summed E-state index contributed by atoms with van der Waals surface area (Å²) in [7, 11) is 0. The fourth-order valence-electron chi connectivity index (χ4n) is 3.14. The maximum atomic E-state index is 13.5. The molecule has 0 aliphatic heterocycles. The average Bonchev–Trinajstić information content (AvgIpc) is 3.17. The molecule has 0 bridgehead atoms. The third-order valence-electron chi connectivity index (χ3n) is 4.68. The van der Waals surface area contributed by atoms with E-state index in [4.69, 9.17) is 11.6 Å². The molecular formula is C23H17ClF2N4O2. The highest BCUT2D eigenvalue weighted by molar-refractivity contribution is 6.33. The number of anilines is 1. The number of nitrogens with one attached hydrogen (secondary N) is 3. The number of benzene rings is 3. The molecule has 1 heterocycles. The van der Waals surface area contributed by atoms with E-state index in [1.54, 1.807) is 30.3 Å². The predicted molar refractivity (Wildman–Crippen MR) is 118 cm³/mol. The summed E-state index contributed by atoms with van der Waals surface area (Å²) in [5.74, 6) is -1.18. The number of amides is 2. The van der Waals surface area contributed by atoms with Gasteiger partial charge in [0.1, 0.15) is 17.5 Å². The van der Waals surface area contributed by atoms with E-state index in [-0.39, 0.29) is 35.3 Å². The van der Waals surface area contributed by atoms with Gasteiger partial charge in [-0.1, -0.05) is 23.7 Å². The summed E-state index contributed by atoms with van der Waals surface area (Å²) >= 11 is 5.86. The van der Waals surface area contributed by atoms with Crippen LogP contribution in [0.15, 0.2) is 60.7 Å². The van der Waals surface area contributed by atoms with Gasteiger partial charge in [0.2, 0.25) is 5.91 Å². The fraction of sp³-hybridized carbons (Fsp3) is 0.0870. The van der Waals surface area contributed by atoms with E-state index in [2.05, 4.69) is 20.6 Å². The molecule has 0 unspecified atom stereocenters. The maximum absolute atomic E-state index is 13.5. The molecule has 0 aliphatic rings. The normalized spacial score (nSPS) is 10.8. The van der Waals surface area contributed by atoms with Crippen molar-refractivity contribution in [3.63, 3.8) is 0 Å². The molecule has 4 aromatic rings. The van der Waals surface area contributed by atoms with Gasteiger partial charge in [0.05, 0.1) is 21.6 Å². The van der Waals surface area contributed by atoms with E-state index in [1.807, 2.05) is 0 Å². The minimum atomic E-state index is -0.539. The van der Waals surface area contributed by atoms with E-state index in [0.717, 1.165) is 12.1 Å². The van der Waals surface area contributed by atoms with Crippen LogP contribution in [0, 0.1) is 11.6 Å². The number of hydrogen-bond acceptors (Lipinski definition) is 3. The molecule has 9 heteroatoms. The average molecular weight is 455 g/mol. The highest BCUT2D eigenvalue weighted by atomic mass is 35.5. The van der Waals surface area contributed by atoms with Crippen molar-refractivity contribution in [1.29, 1.82) is 0 Å². The number of aromatic amines is 1. The lowest BCUT2D eigenvalue weighted by molar-refractivity contribution is -0.116. The Bertz CT molecular complexity index is 1320. The van der Waals surface area contributed by atoms with E-state index in [0.29, 0.717) is 28.1 Å². The van der Waals surface area contributed by atoms with Crippen LogP contribution in [0.5, 0.6) is 0 Å². The van der Waals surface area contributed by atoms with Gasteiger partial charge in [-0.25, -0.2) is 13.8 Å². The van der Waals surface area contributed by atoms with Crippen molar-refractivity contribution in [2.75, 3.05) is 11.9 Å². The zero-order chi connectivity index (χ0) is 22.7. The summed E-state index contributed by atoms with van der Waals surface area (Å²) in [5.41, 5.74) is 2.65. The number of carbonyl (C=O) groups is 2. The summed E-state index contributed by atoms with van der Waals surface area (Å²) in [4.78, 5) is 31.9. The molecule has 6 nitrogen and oxygen atoms in total. The summed E-state index contributed by atoms with van der Waals surface area (Å²) in [5, 5.41) is 5.33. The molecule has 0 spiro atoms. The van der Waals surface area contributed by atoms with Crippen LogP contribution in [0.2, 0.25) is 5.02 Å². The second-order valence-corrected chi connectivity index (χ2v) is 7.41. The van der Waals surface area contributed by atoms with E-state index in [9.17, 15) is 18.4 Å². The van der Waals surface area contributed by atoms with Gasteiger partial charge in [0.25, 0.3) is 5.91 Å². The molecule has 162 valence electrons. The first-order chi connectivity index (χ1) is 15.4.